The van der Waals surface area contributed by atoms with E-state index < -0.39 is 0 Å². The van der Waals surface area contributed by atoms with Gasteiger partial charge in [-0.15, -0.1) is 11.3 Å². The number of likely N-dealkylation sites (tertiary alicyclic amines) is 1. The van der Waals surface area contributed by atoms with Crippen molar-refractivity contribution in [1.29, 1.82) is 0 Å². The third kappa shape index (κ3) is 6.71. The molecule has 0 atom stereocenters. The van der Waals surface area contributed by atoms with Crippen molar-refractivity contribution in [2.45, 2.75) is 77.5 Å². The molecule has 2 heterocycles. The summed E-state index contributed by atoms with van der Waals surface area (Å²) >= 11 is 1.79. The van der Waals surface area contributed by atoms with Gasteiger partial charge in [0.25, 0.3) is 0 Å². The Balaban J connectivity index is 1.41. The summed E-state index contributed by atoms with van der Waals surface area (Å²) in [4.78, 5) is 12.1. The highest BCUT2D eigenvalue weighted by Gasteiger charge is 2.22. The number of aliphatic hydroxyl groups excluding tert-OH is 1. The van der Waals surface area contributed by atoms with E-state index in [-0.39, 0.29) is 6.10 Å². The third-order valence-electron chi connectivity index (χ3n) is 5.88. The van der Waals surface area contributed by atoms with E-state index >= 15 is 0 Å². The number of nitrogens with zero attached hydrogens (tertiary/aromatic N) is 3. The molecule has 1 aromatic rings. The van der Waals surface area contributed by atoms with E-state index in [0.29, 0.717) is 12.0 Å². The molecule has 28 heavy (non-hydrogen) atoms. The lowest BCUT2D eigenvalue weighted by Crippen LogP contribution is -2.45. The highest BCUT2D eigenvalue weighted by Crippen LogP contribution is 2.21. The Morgan fingerprint density at radius 3 is 2.61 bits per heavy atom. The Labute approximate surface area is 173 Å². The van der Waals surface area contributed by atoms with E-state index in [9.17, 15) is 5.11 Å². The largest absolute Gasteiger partial charge is 0.393 e. The molecule has 1 aliphatic heterocycles. The minimum atomic E-state index is -0.111. The quantitative estimate of drug-likeness (QED) is 0.479. The molecular formula is C21H37N5OS. The van der Waals surface area contributed by atoms with E-state index in [1.165, 1.54) is 23.5 Å². The fourth-order valence-electron chi connectivity index (χ4n) is 4.09. The summed E-state index contributed by atoms with van der Waals surface area (Å²) in [5.41, 5.74) is 1.23. The van der Waals surface area contributed by atoms with Crippen LogP contribution in [0.1, 0.15) is 63.1 Å². The van der Waals surface area contributed by atoms with E-state index in [4.69, 9.17) is 9.98 Å². The molecule has 3 rings (SSSR count). The summed E-state index contributed by atoms with van der Waals surface area (Å²) in [5.74, 6) is 1.61. The molecule has 2 aliphatic rings. The minimum Gasteiger partial charge on any atom is -0.393 e. The van der Waals surface area contributed by atoms with Gasteiger partial charge < -0.3 is 15.7 Å². The Morgan fingerprint density at radius 1 is 1.21 bits per heavy atom. The summed E-state index contributed by atoms with van der Waals surface area (Å²) in [7, 11) is 0. The zero-order valence-electron chi connectivity index (χ0n) is 17.5. The van der Waals surface area contributed by atoms with Crippen LogP contribution in [0, 0.1) is 5.92 Å². The van der Waals surface area contributed by atoms with Gasteiger partial charge in [0.05, 0.1) is 16.8 Å². The molecule has 0 amide bonds. The molecule has 1 aromatic heterocycles. The van der Waals surface area contributed by atoms with Crippen LogP contribution in [-0.4, -0.2) is 59.3 Å². The van der Waals surface area contributed by atoms with Gasteiger partial charge in [-0.25, -0.2) is 4.98 Å². The number of thiazole rings is 1. The van der Waals surface area contributed by atoms with Gasteiger partial charge in [0, 0.05) is 31.1 Å². The number of hydrogen-bond donors (Lipinski definition) is 3. The smallest absolute Gasteiger partial charge is 0.191 e. The van der Waals surface area contributed by atoms with E-state index in [2.05, 4.69) is 34.8 Å². The topological polar surface area (TPSA) is 72.8 Å². The molecule has 0 unspecified atom stereocenters. The summed E-state index contributed by atoms with van der Waals surface area (Å²) in [6.07, 6.45) is 7.20. The normalized spacial score (nSPS) is 25.0. The first kappa shape index (κ1) is 21.5. The number of nitrogens with one attached hydrogen (secondary N) is 2. The van der Waals surface area contributed by atoms with Crippen molar-refractivity contribution in [1.82, 2.24) is 20.5 Å². The van der Waals surface area contributed by atoms with Gasteiger partial charge in [-0.1, -0.05) is 6.92 Å². The maximum atomic E-state index is 9.69. The fourth-order valence-corrected chi connectivity index (χ4v) is 4.83. The average Bonchev–Trinajstić information content (AvgIpc) is 3.17. The zero-order chi connectivity index (χ0) is 19.8. The van der Waals surface area contributed by atoms with Gasteiger partial charge in [-0.2, -0.15) is 0 Å². The Hall–Kier alpha value is -1.18. The summed E-state index contributed by atoms with van der Waals surface area (Å²) in [6, 6.07) is 0.439. The van der Waals surface area contributed by atoms with Gasteiger partial charge in [0.15, 0.2) is 5.96 Å². The van der Waals surface area contributed by atoms with Crippen LogP contribution in [0.25, 0.3) is 0 Å². The van der Waals surface area contributed by atoms with Crippen LogP contribution in [-0.2, 0) is 13.0 Å². The number of rotatable bonds is 7. The maximum absolute atomic E-state index is 9.69. The van der Waals surface area contributed by atoms with Crippen LogP contribution in [0.3, 0.4) is 0 Å². The van der Waals surface area contributed by atoms with Crippen molar-refractivity contribution in [3.8, 4) is 0 Å². The lowest BCUT2D eigenvalue weighted by atomic mass is 9.93. The molecular weight excluding hydrogens is 370 g/mol. The predicted octanol–water partition coefficient (Wildman–Crippen LogP) is 2.78. The molecule has 158 valence electrons. The highest BCUT2D eigenvalue weighted by atomic mass is 32.1. The van der Waals surface area contributed by atoms with Crippen molar-refractivity contribution in [2.24, 2.45) is 10.9 Å². The van der Waals surface area contributed by atoms with Crippen LogP contribution >= 0.6 is 11.3 Å². The van der Waals surface area contributed by atoms with Crippen LogP contribution in [0.15, 0.2) is 10.4 Å². The number of aliphatic hydroxyl groups is 1. The Morgan fingerprint density at radius 2 is 1.96 bits per heavy atom. The molecule has 3 N–H and O–H groups in total. The summed E-state index contributed by atoms with van der Waals surface area (Å²) in [5, 5.41) is 20.1. The van der Waals surface area contributed by atoms with Crippen molar-refractivity contribution in [3.63, 3.8) is 0 Å². The highest BCUT2D eigenvalue weighted by molar-refractivity contribution is 7.09. The molecule has 0 bridgehead atoms. The molecule has 0 spiro atoms. The second-order valence-corrected chi connectivity index (χ2v) is 9.12. The summed E-state index contributed by atoms with van der Waals surface area (Å²) < 4.78 is 0. The van der Waals surface area contributed by atoms with Crippen molar-refractivity contribution >= 4 is 17.3 Å². The molecule has 7 heteroatoms. The maximum Gasteiger partial charge on any atom is 0.191 e. The first-order chi connectivity index (χ1) is 13.7. The molecule has 6 nitrogen and oxygen atoms in total. The van der Waals surface area contributed by atoms with E-state index in [1.54, 1.807) is 11.3 Å². The number of aromatic nitrogens is 1. The number of hydrogen-bond acceptors (Lipinski definition) is 5. The Bertz CT molecular complexity index is 604. The average molecular weight is 408 g/mol. The summed E-state index contributed by atoms with van der Waals surface area (Å²) in [6.45, 7) is 9.34. The fraction of sp³-hybridized carbons (Fsp3) is 0.810. The number of piperidine rings is 1. The zero-order valence-corrected chi connectivity index (χ0v) is 18.3. The first-order valence-corrected chi connectivity index (χ1v) is 11.9. The molecule has 1 saturated carbocycles. The van der Waals surface area contributed by atoms with Crippen molar-refractivity contribution in [3.05, 3.63) is 16.1 Å². The van der Waals surface area contributed by atoms with Crippen molar-refractivity contribution in [2.75, 3.05) is 26.2 Å². The van der Waals surface area contributed by atoms with E-state index in [0.717, 1.165) is 70.8 Å². The number of aryl methyl sites for hydroxylation is 1. The van der Waals surface area contributed by atoms with Crippen LogP contribution in [0.4, 0.5) is 0 Å². The lowest BCUT2D eigenvalue weighted by molar-refractivity contribution is 0.120. The Kier molecular flexibility index (Phi) is 8.55. The standard InChI is InChI=1S/C21H37N5OS/c1-3-20-24-18(15-28-20)14-26-11-9-16(10-12-26)13-23-21(22-4-2)25-17-5-7-19(27)8-6-17/h15-17,19,27H,3-14H2,1-2H3,(H2,22,23,25). The van der Waals surface area contributed by atoms with E-state index in [1.807, 2.05) is 0 Å². The van der Waals surface area contributed by atoms with Gasteiger partial charge in [0.1, 0.15) is 0 Å². The third-order valence-corrected chi connectivity index (χ3v) is 6.93. The van der Waals surface area contributed by atoms with Gasteiger partial charge in [0.2, 0.25) is 0 Å². The monoisotopic (exact) mass is 407 g/mol. The molecule has 0 radical (unpaired) electrons. The second-order valence-electron chi connectivity index (χ2n) is 8.18. The molecule has 1 saturated heterocycles. The lowest BCUT2D eigenvalue weighted by Gasteiger charge is -2.31. The second kappa shape index (κ2) is 11.1. The SMILES string of the molecule is CCNC(=NCC1CCN(Cc2csc(CC)n2)CC1)NC1CCC(O)CC1. The first-order valence-electron chi connectivity index (χ1n) is 11.0. The van der Waals surface area contributed by atoms with Crippen LogP contribution in [0.2, 0.25) is 0 Å². The van der Waals surface area contributed by atoms with Gasteiger partial charge >= 0.3 is 0 Å². The number of aliphatic imine (C=N–C) groups is 1. The number of guanidine groups is 1. The van der Waals surface area contributed by atoms with Crippen LogP contribution < -0.4 is 10.6 Å². The molecule has 0 aromatic carbocycles. The van der Waals surface area contributed by atoms with Gasteiger partial charge in [-0.05, 0) is 70.9 Å². The van der Waals surface area contributed by atoms with Gasteiger partial charge in [-0.3, -0.25) is 9.89 Å². The van der Waals surface area contributed by atoms with Crippen LogP contribution in [0.5, 0.6) is 0 Å². The predicted molar refractivity (Wildman–Crippen MR) is 117 cm³/mol. The van der Waals surface area contributed by atoms with Crippen molar-refractivity contribution < 1.29 is 5.11 Å². The molecule has 2 fully saturated rings. The minimum absolute atomic E-state index is 0.111. The molecule has 1 aliphatic carbocycles.